The summed E-state index contributed by atoms with van der Waals surface area (Å²) in [7, 11) is -3.31. The van der Waals surface area contributed by atoms with Gasteiger partial charge < -0.3 is 16.2 Å². The van der Waals surface area contributed by atoms with Gasteiger partial charge in [0.25, 0.3) is 5.91 Å². The number of carboxylic acids is 1. The zero-order chi connectivity index (χ0) is 22.8. The Morgan fingerprint density at radius 1 is 1.23 bits per heavy atom. The van der Waals surface area contributed by atoms with Gasteiger partial charge in [0, 0.05) is 12.8 Å². The van der Waals surface area contributed by atoms with Gasteiger partial charge in [-0.15, -0.1) is 11.3 Å². The second kappa shape index (κ2) is 8.55. The number of carbonyl (C=O) groups is 2. The van der Waals surface area contributed by atoms with Crippen molar-refractivity contribution in [1.29, 1.82) is 5.26 Å². The summed E-state index contributed by atoms with van der Waals surface area (Å²) >= 11 is 0.917. The molecule has 1 aromatic carbocycles. The van der Waals surface area contributed by atoms with Crippen molar-refractivity contribution < 1.29 is 23.1 Å². The summed E-state index contributed by atoms with van der Waals surface area (Å²) in [5, 5.41) is 21.2. The molecule has 1 amide bonds. The van der Waals surface area contributed by atoms with Crippen molar-refractivity contribution in [3.05, 3.63) is 64.2 Å². The minimum absolute atomic E-state index is 0.0375. The lowest BCUT2D eigenvalue weighted by molar-refractivity contribution is 0.0702. The Balaban J connectivity index is 1.85. The molecule has 9 nitrogen and oxygen atoms in total. The van der Waals surface area contributed by atoms with Gasteiger partial charge in [-0.2, -0.15) is 5.26 Å². The molecule has 0 saturated carbocycles. The normalized spacial score (nSPS) is 11.0. The molecule has 0 saturated heterocycles. The third-order valence-corrected chi connectivity index (χ3v) is 6.46. The van der Waals surface area contributed by atoms with Crippen LogP contribution in [-0.4, -0.2) is 36.6 Å². The molecule has 0 fully saturated rings. The molecule has 0 aliphatic rings. The maximum absolute atomic E-state index is 12.6. The van der Waals surface area contributed by atoms with Gasteiger partial charge in [0.05, 0.1) is 15.5 Å². The smallest absolute Gasteiger partial charge is 0.345 e. The lowest BCUT2D eigenvalue weighted by Crippen LogP contribution is -2.24. The number of hydrogen-bond donors (Lipinski definition) is 3. The van der Waals surface area contributed by atoms with Crippen LogP contribution in [0.15, 0.2) is 47.4 Å². The number of nitriles is 1. The van der Waals surface area contributed by atoms with Crippen LogP contribution in [0.3, 0.4) is 0 Å². The van der Waals surface area contributed by atoms with Gasteiger partial charge in [-0.25, -0.2) is 18.2 Å². The first-order valence-corrected chi connectivity index (χ1v) is 11.4. The Morgan fingerprint density at radius 3 is 2.45 bits per heavy atom. The van der Waals surface area contributed by atoms with Gasteiger partial charge in [-0.3, -0.25) is 4.79 Å². The van der Waals surface area contributed by atoms with E-state index in [-0.39, 0.29) is 39.0 Å². The number of rotatable bonds is 6. The maximum atomic E-state index is 12.6. The van der Waals surface area contributed by atoms with Crippen LogP contribution < -0.4 is 11.1 Å². The minimum atomic E-state index is -3.31. The predicted molar refractivity (Wildman–Crippen MR) is 114 cm³/mol. The molecular weight excluding hydrogens is 440 g/mol. The molecule has 4 N–H and O–H groups in total. The van der Waals surface area contributed by atoms with Crippen molar-refractivity contribution in [2.45, 2.75) is 11.4 Å². The number of carbonyl (C=O) groups excluding carboxylic acids is 1. The van der Waals surface area contributed by atoms with Gasteiger partial charge in [0.2, 0.25) is 0 Å². The maximum Gasteiger partial charge on any atom is 0.345 e. The zero-order valence-corrected chi connectivity index (χ0v) is 17.8. The van der Waals surface area contributed by atoms with E-state index < -0.39 is 21.7 Å². The van der Waals surface area contributed by atoms with E-state index in [1.165, 1.54) is 30.3 Å². The van der Waals surface area contributed by atoms with Crippen LogP contribution in [-0.2, 0) is 16.4 Å². The van der Waals surface area contributed by atoms with Crippen LogP contribution >= 0.6 is 11.3 Å². The molecule has 0 aliphatic carbocycles. The number of amides is 1. The number of hydrogen-bond acceptors (Lipinski definition) is 8. The molecule has 3 aromatic rings. The Labute approximate surface area is 181 Å². The highest BCUT2D eigenvalue weighted by molar-refractivity contribution is 7.90. The number of carboxylic acid groups (broad SMARTS) is 1. The number of thiophene rings is 1. The van der Waals surface area contributed by atoms with Crippen molar-refractivity contribution in [2.24, 2.45) is 0 Å². The predicted octanol–water partition coefficient (Wildman–Crippen LogP) is 2.30. The number of benzene rings is 1. The molecule has 0 radical (unpaired) electrons. The Morgan fingerprint density at radius 2 is 1.90 bits per heavy atom. The zero-order valence-electron chi connectivity index (χ0n) is 16.1. The highest BCUT2D eigenvalue weighted by Crippen LogP contribution is 2.32. The van der Waals surface area contributed by atoms with Gasteiger partial charge >= 0.3 is 5.97 Å². The number of nitrogens with zero attached hydrogens (tertiary/aromatic N) is 2. The quantitative estimate of drug-likeness (QED) is 0.508. The average molecular weight is 457 g/mol. The molecule has 0 atom stereocenters. The summed E-state index contributed by atoms with van der Waals surface area (Å²) in [5.74, 6) is -1.67. The number of nitrogen functional groups attached to an aromatic ring is 1. The first kappa shape index (κ1) is 21.9. The third kappa shape index (κ3) is 4.88. The van der Waals surface area contributed by atoms with E-state index >= 15 is 0 Å². The average Bonchev–Trinajstić information content (AvgIpc) is 3.21. The number of sulfone groups is 1. The molecule has 31 heavy (non-hydrogen) atoms. The Bertz CT molecular complexity index is 1320. The summed E-state index contributed by atoms with van der Waals surface area (Å²) in [6.45, 7) is 0.113. The van der Waals surface area contributed by atoms with Crippen molar-refractivity contribution in [2.75, 3.05) is 12.0 Å². The summed E-state index contributed by atoms with van der Waals surface area (Å²) in [4.78, 5) is 28.6. The minimum Gasteiger partial charge on any atom is -0.477 e. The third-order valence-electron chi connectivity index (χ3n) is 4.25. The highest BCUT2D eigenvalue weighted by atomic mass is 32.2. The van der Waals surface area contributed by atoms with Crippen molar-refractivity contribution in [3.63, 3.8) is 0 Å². The number of aromatic carboxylic acids is 1. The first-order valence-electron chi connectivity index (χ1n) is 8.71. The molecule has 2 heterocycles. The topological polar surface area (TPSA) is 163 Å². The van der Waals surface area contributed by atoms with Gasteiger partial charge in [0.15, 0.2) is 9.84 Å². The summed E-state index contributed by atoms with van der Waals surface area (Å²) in [5.41, 5.74) is 6.78. The summed E-state index contributed by atoms with van der Waals surface area (Å²) in [6.07, 6.45) is 1.11. The van der Waals surface area contributed by atoms with E-state index in [4.69, 9.17) is 10.8 Å². The Kier molecular flexibility index (Phi) is 6.05. The molecule has 11 heteroatoms. The van der Waals surface area contributed by atoms with Gasteiger partial charge in [-0.1, -0.05) is 12.1 Å². The standard InChI is InChI=1S/C20H16N4O5S2/c1-31(28,29)12-4-2-11(3-5-12)10-23-19(25)15-8-14(22)13(9-21)18(24-15)16-6-7-17(30-16)20(26)27/h2-8H,10H2,1H3,(H2,22,24)(H,23,25)(H,26,27). The summed E-state index contributed by atoms with van der Waals surface area (Å²) < 4.78 is 23.0. The molecule has 0 spiro atoms. The van der Waals surface area contributed by atoms with Crippen LogP contribution in [0.4, 0.5) is 5.69 Å². The van der Waals surface area contributed by atoms with Gasteiger partial charge in [0.1, 0.15) is 27.9 Å². The van der Waals surface area contributed by atoms with E-state index in [1.54, 1.807) is 12.1 Å². The van der Waals surface area contributed by atoms with E-state index in [9.17, 15) is 23.3 Å². The molecule has 158 valence electrons. The van der Waals surface area contributed by atoms with Crippen molar-refractivity contribution in [3.8, 4) is 16.6 Å². The van der Waals surface area contributed by atoms with Crippen molar-refractivity contribution >= 4 is 38.7 Å². The van der Waals surface area contributed by atoms with E-state index in [0.717, 1.165) is 17.6 Å². The second-order valence-electron chi connectivity index (χ2n) is 6.50. The summed E-state index contributed by atoms with van der Waals surface area (Å²) in [6, 6.07) is 12.2. The lowest BCUT2D eigenvalue weighted by Gasteiger charge is -2.09. The van der Waals surface area contributed by atoms with Crippen LogP contribution in [0.25, 0.3) is 10.6 Å². The fourth-order valence-electron chi connectivity index (χ4n) is 2.68. The van der Waals surface area contributed by atoms with E-state index in [2.05, 4.69) is 10.3 Å². The molecule has 0 bridgehead atoms. The fourth-order valence-corrected chi connectivity index (χ4v) is 4.16. The van der Waals surface area contributed by atoms with Crippen LogP contribution in [0.1, 0.15) is 31.3 Å². The molecule has 0 aliphatic heterocycles. The number of anilines is 1. The SMILES string of the molecule is CS(=O)(=O)c1ccc(CNC(=O)c2cc(N)c(C#N)c(-c3ccc(C(=O)O)s3)n2)cc1. The molecular formula is C20H16N4O5S2. The van der Waals surface area contributed by atoms with Crippen LogP contribution in [0.5, 0.6) is 0 Å². The second-order valence-corrected chi connectivity index (χ2v) is 9.60. The largest absolute Gasteiger partial charge is 0.477 e. The van der Waals surface area contributed by atoms with Gasteiger partial charge in [-0.05, 0) is 35.9 Å². The van der Waals surface area contributed by atoms with Crippen LogP contribution in [0, 0.1) is 11.3 Å². The van der Waals surface area contributed by atoms with Crippen LogP contribution in [0.2, 0.25) is 0 Å². The first-order chi connectivity index (χ1) is 14.6. The number of aromatic nitrogens is 1. The highest BCUT2D eigenvalue weighted by Gasteiger charge is 2.19. The molecule has 2 aromatic heterocycles. The monoisotopic (exact) mass is 456 g/mol. The lowest BCUT2D eigenvalue weighted by atomic mass is 10.1. The number of pyridine rings is 1. The number of nitrogens with one attached hydrogen (secondary N) is 1. The molecule has 3 rings (SSSR count). The Hall–Kier alpha value is -3.75. The molecule has 0 unspecified atom stereocenters. The van der Waals surface area contributed by atoms with E-state index in [1.807, 2.05) is 6.07 Å². The fraction of sp³-hybridized carbons (Fsp3) is 0.100. The van der Waals surface area contributed by atoms with Crippen molar-refractivity contribution in [1.82, 2.24) is 10.3 Å². The van der Waals surface area contributed by atoms with E-state index in [0.29, 0.717) is 10.4 Å². The number of nitrogens with two attached hydrogens (primary N) is 1.